The van der Waals surface area contributed by atoms with Gasteiger partial charge < -0.3 is 9.88 Å². The molecule has 0 aromatic carbocycles. The Morgan fingerprint density at radius 3 is 2.96 bits per heavy atom. The fourth-order valence-corrected chi connectivity index (χ4v) is 3.02. The van der Waals surface area contributed by atoms with Crippen LogP contribution in [-0.2, 0) is 24.4 Å². The molecule has 0 saturated heterocycles. The second kappa shape index (κ2) is 6.96. The van der Waals surface area contributed by atoms with Gasteiger partial charge in [0.25, 0.3) is 0 Å². The van der Waals surface area contributed by atoms with Crippen molar-refractivity contribution in [3.8, 4) is 0 Å². The van der Waals surface area contributed by atoms with Gasteiger partial charge in [0.05, 0.1) is 5.92 Å². The SMILES string of the molecule is CC(C)N1Cc2cccn2C[C@H](C(=O)NCc2cccnc2)C1. The molecule has 0 spiro atoms. The van der Waals surface area contributed by atoms with Crippen molar-refractivity contribution in [2.45, 2.75) is 39.5 Å². The van der Waals surface area contributed by atoms with Crippen molar-refractivity contribution in [3.63, 3.8) is 0 Å². The Labute approximate surface area is 137 Å². The monoisotopic (exact) mass is 312 g/mol. The molecule has 1 aliphatic heterocycles. The van der Waals surface area contributed by atoms with E-state index in [2.05, 4.69) is 51.9 Å². The largest absolute Gasteiger partial charge is 0.352 e. The number of carbonyl (C=O) groups excluding carboxylic acids is 1. The van der Waals surface area contributed by atoms with E-state index in [0.717, 1.165) is 25.2 Å². The maximum absolute atomic E-state index is 12.7. The number of aromatic nitrogens is 2. The van der Waals surface area contributed by atoms with E-state index in [0.29, 0.717) is 12.6 Å². The van der Waals surface area contributed by atoms with Crippen molar-refractivity contribution in [2.24, 2.45) is 5.92 Å². The molecule has 0 aliphatic carbocycles. The van der Waals surface area contributed by atoms with Crippen molar-refractivity contribution < 1.29 is 4.79 Å². The van der Waals surface area contributed by atoms with Crippen LogP contribution in [0.1, 0.15) is 25.1 Å². The summed E-state index contributed by atoms with van der Waals surface area (Å²) in [6, 6.07) is 8.49. The number of pyridine rings is 1. The molecule has 0 bridgehead atoms. The molecule has 3 rings (SSSR count). The summed E-state index contributed by atoms with van der Waals surface area (Å²) in [6.45, 7) is 7.33. The number of carbonyl (C=O) groups is 1. The van der Waals surface area contributed by atoms with Gasteiger partial charge >= 0.3 is 0 Å². The average Bonchev–Trinajstić information content (AvgIpc) is 2.90. The smallest absolute Gasteiger partial charge is 0.226 e. The van der Waals surface area contributed by atoms with Crippen LogP contribution in [0.3, 0.4) is 0 Å². The molecule has 3 heterocycles. The highest BCUT2D eigenvalue weighted by Gasteiger charge is 2.27. The maximum atomic E-state index is 12.7. The fourth-order valence-electron chi connectivity index (χ4n) is 3.02. The molecule has 1 N–H and O–H groups in total. The molecule has 5 nitrogen and oxygen atoms in total. The van der Waals surface area contributed by atoms with E-state index in [4.69, 9.17) is 0 Å². The number of rotatable bonds is 4. The van der Waals surface area contributed by atoms with Crippen LogP contribution in [0.5, 0.6) is 0 Å². The van der Waals surface area contributed by atoms with Crippen LogP contribution in [-0.4, -0.2) is 32.9 Å². The lowest BCUT2D eigenvalue weighted by Gasteiger charge is -2.27. The normalized spacial score (nSPS) is 18.5. The third-order valence-electron chi connectivity index (χ3n) is 4.45. The van der Waals surface area contributed by atoms with Crippen molar-refractivity contribution in [1.82, 2.24) is 19.8 Å². The van der Waals surface area contributed by atoms with Gasteiger partial charge in [0, 0.05) is 56.5 Å². The number of hydrogen-bond donors (Lipinski definition) is 1. The second-order valence-electron chi connectivity index (χ2n) is 6.45. The third-order valence-corrected chi connectivity index (χ3v) is 4.45. The lowest BCUT2D eigenvalue weighted by atomic mass is 10.1. The van der Waals surface area contributed by atoms with Gasteiger partial charge in [-0.2, -0.15) is 0 Å². The van der Waals surface area contributed by atoms with Crippen LogP contribution >= 0.6 is 0 Å². The summed E-state index contributed by atoms with van der Waals surface area (Å²) in [5.41, 5.74) is 2.30. The van der Waals surface area contributed by atoms with Gasteiger partial charge in [-0.15, -0.1) is 0 Å². The molecular weight excluding hydrogens is 288 g/mol. The molecule has 0 saturated carbocycles. The summed E-state index contributed by atoms with van der Waals surface area (Å²) in [6.07, 6.45) is 5.60. The Bertz CT molecular complexity index is 650. The Morgan fingerprint density at radius 1 is 1.35 bits per heavy atom. The van der Waals surface area contributed by atoms with E-state index < -0.39 is 0 Å². The third kappa shape index (κ3) is 3.79. The predicted octanol–water partition coefficient (Wildman–Crippen LogP) is 2.04. The van der Waals surface area contributed by atoms with Crippen LogP contribution in [0.2, 0.25) is 0 Å². The van der Waals surface area contributed by atoms with Crippen LogP contribution in [0.15, 0.2) is 42.9 Å². The van der Waals surface area contributed by atoms with Gasteiger partial charge in [-0.25, -0.2) is 0 Å². The number of hydrogen-bond acceptors (Lipinski definition) is 3. The van der Waals surface area contributed by atoms with Gasteiger partial charge in [-0.3, -0.25) is 14.7 Å². The fraction of sp³-hybridized carbons (Fsp3) is 0.444. The molecule has 1 aliphatic rings. The summed E-state index contributed by atoms with van der Waals surface area (Å²) >= 11 is 0. The first-order valence-electron chi connectivity index (χ1n) is 8.18. The number of nitrogens with zero attached hydrogens (tertiary/aromatic N) is 3. The zero-order valence-electron chi connectivity index (χ0n) is 13.8. The van der Waals surface area contributed by atoms with Crippen molar-refractivity contribution in [1.29, 1.82) is 0 Å². The molecule has 23 heavy (non-hydrogen) atoms. The highest BCUT2D eigenvalue weighted by atomic mass is 16.1. The zero-order chi connectivity index (χ0) is 16.2. The van der Waals surface area contributed by atoms with E-state index in [1.165, 1.54) is 5.69 Å². The van der Waals surface area contributed by atoms with Gasteiger partial charge in [-0.05, 0) is 37.6 Å². The lowest BCUT2D eigenvalue weighted by Crippen LogP contribution is -2.40. The Kier molecular flexibility index (Phi) is 4.76. The Hall–Kier alpha value is -2.14. The Balaban J connectivity index is 1.69. The van der Waals surface area contributed by atoms with E-state index in [9.17, 15) is 4.79 Å². The van der Waals surface area contributed by atoms with Crippen LogP contribution in [0.4, 0.5) is 0 Å². The molecule has 1 amide bonds. The highest BCUT2D eigenvalue weighted by molar-refractivity contribution is 5.78. The van der Waals surface area contributed by atoms with Crippen LogP contribution in [0.25, 0.3) is 0 Å². The molecule has 0 unspecified atom stereocenters. The van der Waals surface area contributed by atoms with Crippen LogP contribution in [0, 0.1) is 5.92 Å². The summed E-state index contributed by atoms with van der Waals surface area (Å²) in [5.74, 6) is 0.0729. The first-order valence-corrected chi connectivity index (χ1v) is 8.18. The molecule has 2 aromatic rings. The summed E-state index contributed by atoms with van der Waals surface area (Å²) < 4.78 is 2.21. The zero-order valence-corrected chi connectivity index (χ0v) is 13.8. The average molecular weight is 312 g/mol. The number of nitrogens with one attached hydrogen (secondary N) is 1. The molecule has 0 radical (unpaired) electrons. The molecular formula is C18H24N4O. The minimum Gasteiger partial charge on any atom is -0.352 e. The van der Waals surface area contributed by atoms with E-state index in [1.54, 1.807) is 12.4 Å². The molecule has 0 fully saturated rings. The molecule has 122 valence electrons. The van der Waals surface area contributed by atoms with E-state index in [-0.39, 0.29) is 11.8 Å². The van der Waals surface area contributed by atoms with E-state index >= 15 is 0 Å². The van der Waals surface area contributed by atoms with Gasteiger partial charge in [0.1, 0.15) is 0 Å². The first kappa shape index (κ1) is 15.7. The number of amides is 1. The van der Waals surface area contributed by atoms with Crippen molar-refractivity contribution >= 4 is 5.91 Å². The summed E-state index contributed by atoms with van der Waals surface area (Å²) in [5, 5.41) is 3.06. The minimum absolute atomic E-state index is 0.0391. The van der Waals surface area contributed by atoms with Gasteiger partial charge in [0.15, 0.2) is 0 Å². The topological polar surface area (TPSA) is 50.2 Å². The van der Waals surface area contributed by atoms with Crippen molar-refractivity contribution in [3.05, 3.63) is 54.1 Å². The van der Waals surface area contributed by atoms with E-state index in [1.807, 2.05) is 12.1 Å². The predicted molar refractivity (Wildman–Crippen MR) is 89.6 cm³/mol. The molecule has 2 aromatic heterocycles. The minimum atomic E-state index is -0.0391. The number of fused-ring (bicyclic) bond motifs is 1. The lowest BCUT2D eigenvalue weighted by molar-refractivity contribution is -0.126. The summed E-state index contributed by atoms with van der Waals surface area (Å²) in [4.78, 5) is 19.1. The standard InChI is InChI=1S/C18H24N4O/c1-14(2)22-12-16(11-21-8-4-6-17(21)13-22)18(23)20-10-15-5-3-7-19-9-15/h3-9,14,16H,10-13H2,1-2H3,(H,20,23)/t16-/m0/s1. The molecule has 5 heteroatoms. The van der Waals surface area contributed by atoms with Gasteiger partial charge in [0.2, 0.25) is 5.91 Å². The Morgan fingerprint density at radius 2 is 2.22 bits per heavy atom. The molecule has 1 atom stereocenters. The second-order valence-corrected chi connectivity index (χ2v) is 6.45. The van der Waals surface area contributed by atoms with Gasteiger partial charge in [-0.1, -0.05) is 6.07 Å². The highest BCUT2D eigenvalue weighted by Crippen LogP contribution is 2.19. The maximum Gasteiger partial charge on any atom is 0.226 e. The first-order chi connectivity index (χ1) is 11.1. The summed E-state index contributed by atoms with van der Waals surface area (Å²) in [7, 11) is 0. The van der Waals surface area contributed by atoms with Crippen LogP contribution < -0.4 is 5.32 Å². The quantitative estimate of drug-likeness (QED) is 0.940. The van der Waals surface area contributed by atoms with Crippen molar-refractivity contribution in [2.75, 3.05) is 6.54 Å².